The highest BCUT2D eigenvalue weighted by molar-refractivity contribution is 7.89. The summed E-state index contributed by atoms with van der Waals surface area (Å²) >= 11 is 0. The molecule has 1 aromatic carbocycles. The van der Waals surface area contributed by atoms with Crippen molar-refractivity contribution in [2.24, 2.45) is 5.14 Å². The van der Waals surface area contributed by atoms with Crippen LogP contribution in [0.2, 0.25) is 0 Å². The number of fused-ring (bicyclic) bond motifs is 3. The number of nitrogens with two attached hydrogens (primary N) is 1. The fraction of sp³-hybridized carbons (Fsp3) is 0.167. The lowest BCUT2D eigenvalue weighted by molar-refractivity contribution is 0.566. The number of pyridine rings is 2. The number of imidazole rings is 1. The topological polar surface area (TPSA) is 104 Å². The summed E-state index contributed by atoms with van der Waals surface area (Å²) in [6.45, 7) is 4.06. The van der Waals surface area contributed by atoms with Crippen molar-refractivity contribution in [3.8, 4) is 0 Å². The van der Waals surface area contributed by atoms with Crippen LogP contribution in [0.25, 0.3) is 22.1 Å². The summed E-state index contributed by atoms with van der Waals surface area (Å²) in [6.07, 6.45) is 1.66. The number of rotatable bonds is 3. The predicted octanol–water partition coefficient (Wildman–Crippen LogP) is 2.43. The fourth-order valence-electron chi connectivity index (χ4n) is 3.16. The second-order valence-electron chi connectivity index (χ2n) is 6.37. The molecule has 138 valence electrons. The number of halogens is 1. The Hall–Kier alpha value is -2.91. The molecule has 27 heavy (non-hydrogen) atoms. The number of benzene rings is 1. The molecule has 0 radical (unpaired) electrons. The van der Waals surface area contributed by atoms with E-state index in [0.29, 0.717) is 23.3 Å². The van der Waals surface area contributed by atoms with E-state index in [1.54, 1.807) is 12.3 Å². The molecule has 0 atom stereocenters. The van der Waals surface area contributed by atoms with E-state index in [1.165, 1.54) is 12.1 Å². The van der Waals surface area contributed by atoms with E-state index in [4.69, 9.17) is 5.14 Å². The van der Waals surface area contributed by atoms with E-state index < -0.39 is 20.7 Å². The van der Waals surface area contributed by atoms with Crippen LogP contribution in [0.1, 0.15) is 17.1 Å². The highest BCUT2D eigenvalue weighted by atomic mass is 32.2. The number of aryl methyl sites for hydroxylation is 2. The smallest absolute Gasteiger partial charge is 0.240 e. The van der Waals surface area contributed by atoms with Crippen LogP contribution in [0.3, 0.4) is 0 Å². The summed E-state index contributed by atoms with van der Waals surface area (Å²) in [5.74, 6) is -0.142. The van der Waals surface area contributed by atoms with Gasteiger partial charge in [-0.15, -0.1) is 0 Å². The minimum Gasteiger partial charge on any atom is -0.323 e. The van der Waals surface area contributed by atoms with Crippen LogP contribution in [0.5, 0.6) is 0 Å². The van der Waals surface area contributed by atoms with Crippen molar-refractivity contribution in [2.45, 2.75) is 25.3 Å². The Labute approximate surface area is 154 Å². The quantitative estimate of drug-likeness (QED) is 0.583. The van der Waals surface area contributed by atoms with Crippen LogP contribution in [0, 0.1) is 19.7 Å². The molecule has 0 fully saturated rings. The van der Waals surface area contributed by atoms with E-state index in [-0.39, 0.29) is 0 Å². The summed E-state index contributed by atoms with van der Waals surface area (Å²) < 4.78 is 38.9. The van der Waals surface area contributed by atoms with Gasteiger partial charge in [-0.1, -0.05) is 6.07 Å². The molecule has 0 spiro atoms. The molecule has 0 aliphatic heterocycles. The first-order chi connectivity index (χ1) is 12.7. The fourth-order valence-corrected chi connectivity index (χ4v) is 3.75. The summed E-state index contributed by atoms with van der Waals surface area (Å²) in [7, 11) is -4.10. The maximum atomic E-state index is 14.2. The lowest BCUT2D eigenvalue weighted by Crippen LogP contribution is -2.14. The number of sulfonamides is 1. The molecule has 3 heterocycles. The molecule has 0 saturated heterocycles. The molecule has 4 aromatic rings. The average Bonchev–Trinajstić information content (AvgIpc) is 2.89. The van der Waals surface area contributed by atoms with Gasteiger partial charge in [-0.2, -0.15) is 0 Å². The van der Waals surface area contributed by atoms with Crippen LogP contribution >= 0.6 is 0 Å². The van der Waals surface area contributed by atoms with Crippen LogP contribution in [0.4, 0.5) is 4.39 Å². The highest BCUT2D eigenvalue weighted by Crippen LogP contribution is 2.25. The van der Waals surface area contributed by atoms with E-state index in [9.17, 15) is 12.8 Å². The van der Waals surface area contributed by atoms with Gasteiger partial charge in [0.05, 0.1) is 11.7 Å². The summed E-state index contributed by atoms with van der Waals surface area (Å²) in [5, 5.41) is 5.87. The van der Waals surface area contributed by atoms with Gasteiger partial charge in [0.2, 0.25) is 10.0 Å². The maximum Gasteiger partial charge on any atom is 0.240 e. The van der Waals surface area contributed by atoms with Gasteiger partial charge in [-0.05, 0) is 43.7 Å². The molecule has 0 amide bonds. The Balaban J connectivity index is 1.87. The molecule has 0 saturated carbocycles. The third-order valence-electron chi connectivity index (χ3n) is 4.41. The van der Waals surface area contributed by atoms with Crippen LogP contribution in [-0.4, -0.2) is 27.9 Å². The van der Waals surface area contributed by atoms with Gasteiger partial charge in [-0.25, -0.2) is 32.9 Å². The van der Waals surface area contributed by atoms with Gasteiger partial charge in [0.1, 0.15) is 22.1 Å². The van der Waals surface area contributed by atoms with E-state index in [2.05, 4.69) is 15.0 Å². The Morgan fingerprint density at radius 3 is 2.63 bits per heavy atom. The second-order valence-corrected chi connectivity index (χ2v) is 7.90. The summed E-state index contributed by atoms with van der Waals surface area (Å²) in [5.41, 5.74) is 3.62. The zero-order chi connectivity index (χ0) is 19.3. The third-order valence-corrected chi connectivity index (χ3v) is 5.35. The first-order valence-electron chi connectivity index (χ1n) is 8.14. The Kier molecular flexibility index (Phi) is 3.93. The molecular formula is C18H16FN5O2S. The molecule has 0 unspecified atom stereocenters. The first-order valence-corrected chi connectivity index (χ1v) is 9.69. The molecular weight excluding hydrogens is 369 g/mol. The zero-order valence-electron chi connectivity index (χ0n) is 14.6. The van der Waals surface area contributed by atoms with Crippen molar-refractivity contribution in [1.82, 2.24) is 19.5 Å². The van der Waals surface area contributed by atoms with Crippen molar-refractivity contribution in [2.75, 3.05) is 0 Å². The first kappa shape index (κ1) is 17.5. The highest BCUT2D eigenvalue weighted by Gasteiger charge is 2.17. The SMILES string of the molecule is Cc1ccc2c(ncc3nc(C)n(Cc4ccc(S(N)(=O)=O)c(F)c4)c32)n1. The van der Waals surface area contributed by atoms with E-state index >= 15 is 0 Å². The third kappa shape index (κ3) is 3.04. The van der Waals surface area contributed by atoms with Crippen LogP contribution in [0.15, 0.2) is 41.4 Å². The number of hydrogen-bond acceptors (Lipinski definition) is 5. The van der Waals surface area contributed by atoms with Gasteiger partial charge < -0.3 is 4.57 Å². The molecule has 7 nitrogen and oxygen atoms in total. The number of aromatic nitrogens is 4. The normalized spacial score (nSPS) is 12.1. The molecule has 0 aliphatic carbocycles. The molecule has 0 aliphatic rings. The Bertz CT molecular complexity index is 1310. The van der Waals surface area contributed by atoms with Crippen LogP contribution in [-0.2, 0) is 16.6 Å². The molecule has 0 bridgehead atoms. The van der Waals surface area contributed by atoms with Crippen molar-refractivity contribution >= 4 is 32.1 Å². The van der Waals surface area contributed by atoms with Crippen LogP contribution < -0.4 is 5.14 Å². The van der Waals surface area contributed by atoms with Crippen molar-refractivity contribution in [3.63, 3.8) is 0 Å². The van der Waals surface area contributed by atoms with Crippen molar-refractivity contribution in [3.05, 3.63) is 59.4 Å². The molecule has 4 rings (SSSR count). The summed E-state index contributed by atoms with van der Waals surface area (Å²) in [6, 6.07) is 7.74. The lowest BCUT2D eigenvalue weighted by Gasteiger charge is -2.10. The van der Waals surface area contributed by atoms with E-state index in [1.807, 2.05) is 30.5 Å². The van der Waals surface area contributed by atoms with Gasteiger partial charge in [0, 0.05) is 17.6 Å². The standard InChI is InChI=1S/C18H16FN5O2S/c1-10-3-5-13-17-15(8-21-18(13)22-10)23-11(2)24(17)9-12-4-6-16(14(19)7-12)27(20,25)26/h3-8H,9H2,1-2H3,(H2,20,25,26). The average molecular weight is 385 g/mol. The Morgan fingerprint density at radius 2 is 1.93 bits per heavy atom. The largest absolute Gasteiger partial charge is 0.323 e. The molecule has 2 N–H and O–H groups in total. The van der Waals surface area contributed by atoms with E-state index in [0.717, 1.165) is 22.4 Å². The second kappa shape index (κ2) is 6.07. The Morgan fingerprint density at radius 1 is 1.15 bits per heavy atom. The maximum absolute atomic E-state index is 14.2. The number of hydrogen-bond donors (Lipinski definition) is 1. The minimum atomic E-state index is -4.10. The lowest BCUT2D eigenvalue weighted by atomic mass is 10.2. The van der Waals surface area contributed by atoms with Gasteiger partial charge in [-0.3, -0.25) is 0 Å². The number of nitrogens with zero attached hydrogens (tertiary/aromatic N) is 4. The summed E-state index contributed by atoms with van der Waals surface area (Å²) in [4.78, 5) is 12.8. The van der Waals surface area contributed by atoms with Gasteiger partial charge in [0.15, 0.2) is 5.65 Å². The van der Waals surface area contributed by atoms with Crippen molar-refractivity contribution < 1.29 is 12.8 Å². The molecule has 9 heteroatoms. The number of primary sulfonamides is 1. The minimum absolute atomic E-state index is 0.317. The zero-order valence-corrected chi connectivity index (χ0v) is 15.5. The van der Waals surface area contributed by atoms with Gasteiger partial charge >= 0.3 is 0 Å². The monoisotopic (exact) mass is 385 g/mol. The molecule has 3 aromatic heterocycles. The van der Waals surface area contributed by atoms with Crippen molar-refractivity contribution in [1.29, 1.82) is 0 Å². The van der Waals surface area contributed by atoms with Gasteiger partial charge in [0.25, 0.3) is 0 Å². The predicted molar refractivity (Wildman–Crippen MR) is 99.2 cm³/mol.